The van der Waals surface area contributed by atoms with Gasteiger partial charge in [-0.15, -0.1) is 0 Å². The molecule has 4 nitrogen and oxygen atoms in total. The number of hydrazone groups is 1. The van der Waals surface area contributed by atoms with E-state index in [-0.39, 0.29) is 0 Å². The lowest BCUT2D eigenvalue weighted by molar-refractivity contribution is 0.152. The van der Waals surface area contributed by atoms with Crippen molar-refractivity contribution in [2.75, 3.05) is 6.61 Å². The number of nitrogens with zero attached hydrogens (tertiary/aromatic N) is 1. The first-order chi connectivity index (χ1) is 6.81. The molecule has 1 amide bonds. The van der Waals surface area contributed by atoms with Gasteiger partial charge < -0.3 is 4.74 Å². The van der Waals surface area contributed by atoms with Gasteiger partial charge in [0.05, 0.1) is 6.61 Å². The Morgan fingerprint density at radius 2 is 2.64 bits per heavy atom. The van der Waals surface area contributed by atoms with E-state index in [1.807, 2.05) is 0 Å². The molecule has 0 aliphatic heterocycles. The summed E-state index contributed by atoms with van der Waals surface area (Å²) in [6, 6.07) is 0. The monoisotopic (exact) mass is 194 g/mol. The fourth-order valence-electron chi connectivity index (χ4n) is 1.94. The Morgan fingerprint density at radius 1 is 1.79 bits per heavy atom. The second-order valence-electron chi connectivity index (χ2n) is 3.57. The van der Waals surface area contributed by atoms with Crippen LogP contribution in [0, 0.1) is 11.8 Å². The lowest BCUT2D eigenvalue weighted by atomic mass is 9.74. The van der Waals surface area contributed by atoms with Gasteiger partial charge in [0, 0.05) is 11.6 Å². The highest BCUT2D eigenvalue weighted by Gasteiger charge is 2.37. The molecular weight excluding hydrogens is 180 g/mol. The summed E-state index contributed by atoms with van der Waals surface area (Å²) in [5.41, 5.74) is 3.49. The zero-order chi connectivity index (χ0) is 9.97. The van der Waals surface area contributed by atoms with E-state index in [1.165, 1.54) is 0 Å². The van der Waals surface area contributed by atoms with E-state index >= 15 is 0 Å². The average Bonchev–Trinajstić information content (AvgIpc) is 2.48. The van der Waals surface area contributed by atoms with Crippen LogP contribution in [-0.4, -0.2) is 18.4 Å². The molecule has 1 N–H and O–H groups in total. The van der Waals surface area contributed by atoms with Gasteiger partial charge in [-0.2, -0.15) is 5.10 Å². The van der Waals surface area contributed by atoms with Crippen molar-refractivity contribution in [3.63, 3.8) is 0 Å². The molecule has 0 spiro atoms. The van der Waals surface area contributed by atoms with Crippen LogP contribution in [0.1, 0.15) is 19.8 Å². The lowest BCUT2D eigenvalue weighted by Gasteiger charge is -2.31. The third kappa shape index (κ3) is 1.64. The normalized spacial score (nSPS) is 31.1. The predicted octanol–water partition coefficient (Wildman–Crippen LogP) is 1.68. The number of nitrogens with one attached hydrogen (secondary N) is 1. The van der Waals surface area contributed by atoms with Crippen LogP contribution < -0.4 is 5.43 Å². The van der Waals surface area contributed by atoms with E-state index in [9.17, 15) is 4.79 Å². The minimum Gasteiger partial charge on any atom is -0.449 e. The molecule has 1 fully saturated rings. The standard InChI is InChI=1S/C10H14N2O2/c1-2-14-10(13)12-11-9-6-7-4-3-5-8(7)9/h3-4,7-8H,2,5-6H2,1H3,(H,12,13)/b11-9+/t7-,8-/m0/s1. The molecule has 0 heterocycles. The van der Waals surface area contributed by atoms with Crippen LogP contribution in [0.5, 0.6) is 0 Å². The Labute approximate surface area is 83.0 Å². The van der Waals surface area contributed by atoms with E-state index in [1.54, 1.807) is 6.92 Å². The van der Waals surface area contributed by atoms with Crippen LogP contribution in [-0.2, 0) is 4.74 Å². The number of fused-ring (bicyclic) bond motifs is 1. The fourth-order valence-corrected chi connectivity index (χ4v) is 1.94. The quantitative estimate of drug-likeness (QED) is 0.537. The predicted molar refractivity (Wildman–Crippen MR) is 52.9 cm³/mol. The van der Waals surface area contributed by atoms with Crippen molar-refractivity contribution >= 4 is 11.8 Å². The Bertz CT molecular complexity index is 296. The Hall–Kier alpha value is -1.32. The lowest BCUT2D eigenvalue weighted by Crippen LogP contribution is -2.35. The van der Waals surface area contributed by atoms with Crippen LogP contribution in [0.4, 0.5) is 4.79 Å². The van der Waals surface area contributed by atoms with Gasteiger partial charge in [-0.3, -0.25) is 0 Å². The van der Waals surface area contributed by atoms with Crippen LogP contribution >= 0.6 is 0 Å². The van der Waals surface area contributed by atoms with Gasteiger partial charge in [0.25, 0.3) is 0 Å². The molecule has 0 aromatic heterocycles. The molecule has 4 heteroatoms. The van der Waals surface area contributed by atoms with Crippen molar-refractivity contribution in [1.82, 2.24) is 5.43 Å². The highest BCUT2D eigenvalue weighted by molar-refractivity contribution is 5.94. The zero-order valence-corrected chi connectivity index (χ0v) is 8.19. The summed E-state index contributed by atoms with van der Waals surface area (Å²) in [4.78, 5) is 10.9. The van der Waals surface area contributed by atoms with E-state index in [0.717, 1.165) is 18.6 Å². The zero-order valence-electron chi connectivity index (χ0n) is 8.19. The summed E-state index contributed by atoms with van der Waals surface area (Å²) in [5, 5.41) is 4.04. The molecular formula is C10H14N2O2. The van der Waals surface area contributed by atoms with Gasteiger partial charge in [-0.05, 0) is 25.7 Å². The maximum Gasteiger partial charge on any atom is 0.427 e. The number of ether oxygens (including phenoxy) is 1. The number of carbonyl (C=O) groups is 1. The van der Waals surface area contributed by atoms with Crippen LogP contribution in [0.25, 0.3) is 0 Å². The summed E-state index contributed by atoms with van der Waals surface area (Å²) in [6.45, 7) is 2.15. The Balaban J connectivity index is 1.80. The first-order valence-electron chi connectivity index (χ1n) is 4.97. The summed E-state index contributed by atoms with van der Waals surface area (Å²) in [5.74, 6) is 1.20. The third-order valence-corrected chi connectivity index (χ3v) is 2.73. The second kappa shape index (κ2) is 3.82. The first-order valence-corrected chi connectivity index (χ1v) is 4.97. The van der Waals surface area contributed by atoms with Crippen molar-refractivity contribution in [1.29, 1.82) is 0 Å². The molecule has 2 aliphatic rings. The minimum atomic E-state index is -0.464. The van der Waals surface area contributed by atoms with Crippen LogP contribution in [0.3, 0.4) is 0 Å². The van der Waals surface area contributed by atoms with Gasteiger partial charge in [0.15, 0.2) is 0 Å². The summed E-state index contributed by atoms with van der Waals surface area (Å²) in [6.07, 6.45) is 5.99. The average molecular weight is 194 g/mol. The topological polar surface area (TPSA) is 50.7 Å². The van der Waals surface area contributed by atoms with Gasteiger partial charge in [-0.1, -0.05) is 12.2 Å². The van der Waals surface area contributed by atoms with Crippen molar-refractivity contribution in [3.8, 4) is 0 Å². The second-order valence-corrected chi connectivity index (χ2v) is 3.57. The molecule has 2 aliphatic carbocycles. The molecule has 0 bridgehead atoms. The highest BCUT2D eigenvalue weighted by Crippen LogP contribution is 2.39. The van der Waals surface area contributed by atoms with Gasteiger partial charge in [0.1, 0.15) is 0 Å². The van der Waals surface area contributed by atoms with Crippen molar-refractivity contribution in [2.24, 2.45) is 16.9 Å². The number of rotatable bonds is 2. The smallest absolute Gasteiger partial charge is 0.427 e. The third-order valence-electron chi connectivity index (χ3n) is 2.73. The molecule has 0 aromatic carbocycles. The summed E-state index contributed by atoms with van der Waals surface area (Å²) in [7, 11) is 0. The number of carbonyl (C=O) groups excluding carboxylic acids is 1. The molecule has 14 heavy (non-hydrogen) atoms. The van der Waals surface area contributed by atoms with E-state index in [4.69, 9.17) is 4.74 Å². The van der Waals surface area contributed by atoms with Gasteiger partial charge >= 0.3 is 6.09 Å². The van der Waals surface area contributed by atoms with Crippen molar-refractivity contribution < 1.29 is 9.53 Å². The first kappa shape index (κ1) is 9.24. The Morgan fingerprint density at radius 3 is 3.36 bits per heavy atom. The molecule has 0 aromatic rings. The highest BCUT2D eigenvalue weighted by atomic mass is 16.5. The largest absolute Gasteiger partial charge is 0.449 e. The van der Waals surface area contributed by atoms with E-state index in [0.29, 0.717) is 18.4 Å². The fraction of sp³-hybridized carbons (Fsp3) is 0.600. The SMILES string of the molecule is CCOC(=O)N/N=C1\C[C@@H]2C=CC[C@H]12. The number of amides is 1. The van der Waals surface area contributed by atoms with Gasteiger partial charge in [-0.25, -0.2) is 10.2 Å². The van der Waals surface area contributed by atoms with Crippen molar-refractivity contribution in [2.45, 2.75) is 19.8 Å². The molecule has 0 unspecified atom stereocenters. The number of hydrogen-bond donors (Lipinski definition) is 1. The van der Waals surface area contributed by atoms with Crippen LogP contribution in [0.2, 0.25) is 0 Å². The van der Waals surface area contributed by atoms with E-state index < -0.39 is 6.09 Å². The van der Waals surface area contributed by atoms with Crippen molar-refractivity contribution in [3.05, 3.63) is 12.2 Å². The molecule has 0 radical (unpaired) electrons. The molecule has 76 valence electrons. The maximum absolute atomic E-state index is 10.9. The molecule has 2 rings (SSSR count). The summed E-state index contributed by atoms with van der Waals surface area (Å²) >= 11 is 0. The van der Waals surface area contributed by atoms with Gasteiger partial charge in [0.2, 0.25) is 0 Å². The molecule has 0 saturated heterocycles. The van der Waals surface area contributed by atoms with E-state index in [2.05, 4.69) is 22.7 Å². The summed E-state index contributed by atoms with van der Waals surface area (Å²) < 4.78 is 4.70. The minimum absolute atomic E-state index is 0.379. The van der Waals surface area contributed by atoms with Crippen LogP contribution in [0.15, 0.2) is 17.3 Å². The molecule has 2 atom stereocenters. The Kier molecular flexibility index (Phi) is 2.52. The number of allylic oxidation sites excluding steroid dienone is 2. The number of hydrogen-bond acceptors (Lipinski definition) is 3. The maximum atomic E-state index is 10.9. The molecule has 1 saturated carbocycles.